The third kappa shape index (κ3) is 5.04. The fraction of sp³-hybridized carbons (Fsp3) is 0.917. The molecule has 0 aliphatic carbocycles. The number of carbonyl (C=O) groups is 1. The molecule has 14 heavy (non-hydrogen) atoms. The van der Waals surface area contributed by atoms with Crippen molar-refractivity contribution >= 4 is 17.5 Å². The minimum atomic E-state index is -0.175. The molecule has 0 N–H and O–H groups in total. The van der Waals surface area contributed by atoms with Crippen LogP contribution < -0.4 is 0 Å². The molecule has 0 rings (SSSR count). The summed E-state index contributed by atoms with van der Waals surface area (Å²) in [7, 11) is 0. The second-order valence-electron chi connectivity index (χ2n) is 5.34. The van der Waals surface area contributed by atoms with E-state index in [9.17, 15) is 4.79 Å². The monoisotopic (exact) mass is 216 g/mol. The maximum absolute atomic E-state index is 11.8. The van der Waals surface area contributed by atoms with Gasteiger partial charge < -0.3 is 0 Å². The van der Waals surface area contributed by atoms with Crippen LogP contribution in [0.15, 0.2) is 0 Å². The lowest BCUT2D eigenvalue weighted by Crippen LogP contribution is -2.25. The first-order chi connectivity index (χ1) is 6.29. The molecule has 0 aromatic carbocycles. The Labute approximate surface area is 93.0 Å². The third-order valence-corrected chi connectivity index (χ3v) is 3.37. The summed E-state index contributed by atoms with van der Waals surface area (Å²) < 4.78 is 0. The van der Waals surface area contributed by atoms with Crippen molar-refractivity contribution in [2.24, 2.45) is 17.3 Å². The zero-order chi connectivity index (χ0) is 11.4. The SMILES string of the molecule is CSCC(CC(=O)C(C)(C)C)C(C)C. The number of carbonyl (C=O) groups excluding carboxylic acids is 1. The van der Waals surface area contributed by atoms with E-state index in [0.717, 1.165) is 12.2 Å². The minimum Gasteiger partial charge on any atom is -0.299 e. The van der Waals surface area contributed by atoms with Crippen molar-refractivity contribution in [3.8, 4) is 0 Å². The van der Waals surface area contributed by atoms with E-state index >= 15 is 0 Å². The number of thioether (sulfide) groups is 1. The second-order valence-corrected chi connectivity index (χ2v) is 6.25. The summed E-state index contributed by atoms with van der Waals surface area (Å²) in [5.41, 5.74) is -0.175. The average molecular weight is 216 g/mol. The van der Waals surface area contributed by atoms with Crippen molar-refractivity contribution in [1.29, 1.82) is 0 Å². The minimum absolute atomic E-state index is 0.175. The molecule has 0 aromatic rings. The molecule has 0 amide bonds. The Balaban J connectivity index is 4.24. The first-order valence-corrected chi connectivity index (χ1v) is 6.70. The van der Waals surface area contributed by atoms with Crippen LogP contribution in [-0.2, 0) is 4.79 Å². The number of hydrogen-bond donors (Lipinski definition) is 0. The van der Waals surface area contributed by atoms with Gasteiger partial charge in [-0.2, -0.15) is 11.8 Å². The number of hydrogen-bond acceptors (Lipinski definition) is 2. The van der Waals surface area contributed by atoms with Crippen molar-refractivity contribution in [1.82, 2.24) is 0 Å². The first-order valence-electron chi connectivity index (χ1n) is 5.31. The van der Waals surface area contributed by atoms with Crippen LogP contribution in [0.3, 0.4) is 0 Å². The van der Waals surface area contributed by atoms with Gasteiger partial charge in [0.25, 0.3) is 0 Å². The normalized spacial score (nSPS) is 14.5. The molecule has 0 aromatic heterocycles. The van der Waals surface area contributed by atoms with E-state index in [1.165, 1.54) is 0 Å². The molecule has 0 fully saturated rings. The largest absolute Gasteiger partial charge is 0.299 e. The van der Waals surface area contributed by atoms with Crippen molar-refractivity contribution in [3.63, 3.8) is 0 Å². The average Bonchev–Trinajstić information content (AvgIpc) is 2.01. The van der Waals surface area contributed by atoms with E-state index in [0.29, 0.717) is 17.6 Å². The number of rotatable bonds is 5. The maximum atomic E-state index is 11.8. The van der Waals surface area contributed by atoms with Gasteiger partial charge in [-0.15, -0.1) is 0 Å². The molecule has 84 valence electrons. The summed E-state index contributed by atoms with van der Waals surface area (Å²) in [6.45, 7) is 10.4. The quantitative estimate of drug-likeness (QED) is 0.698. The van der Waals surface area contributed by atoms with Gasteiger partial charge in [0.15, 0.2) is 0 Å². The van der Waals surface area contributed by atoms with Crippen molar-refractivity contribution in [3.05, 3.63) is 0 Å². The lowest BCUT2D eigenvalue weighted by molar-refractivity contribution is -0.127. The van der Waals surface area contributed by atoms with Gasteiger partial charge in [0.2, 0.25) is 0 Å². The Morgan fingerprint density at radius 3 is 2.07 bits per heavy atom. The van der Waals surface area contributed by atoms with Gasteiger partial charge in [-0.05, 0) is 23.8 Å². The maximum Gasteiger partial charge on any atom is 0.138 e. The summed E-state index contributed by atoms with van der Waals surface area (Å²) >= 11 is 1.84. The van der Waals surface area contributed by atoms with Gasteiger partial charge in [-0.25, -0.2) is 0 Å². The van der Waals surface area contributed by atoms with Crippen LogP contribution in [-0.4, -0.2) is 17.8 Å². The van der Waals surface area contributed by atoms with E-state index < -0.39 is 0 Å². The lowest BCUT2D eigenvalue weighted by Gasteiger charge is -2.24. The smallest absolute Gasteiger partial charge is 0.138 e. The molecule has 0 saturated carbocycles. The van der Waals surface area contributed by atoms with Crippen LogP contribution >= 0.6 is 11.8 Å². The van der Waals surface area contributed by atoms with Crippen LogP contribution in [0.25, 0.3) is 0 Å². The second kappa shape index (κ2) is 5.79. The predicted molar refractivity (Wildman–Crippen MR) is 65.8 cm³/mol. The molecule has 1 atom stereocenters. The molecule has 1 unspecified atom stereocenters. The van der Waals surface area contributed by atoms with Gasteiger partial charge in [0.1, 0.15) is 5.78 Å². The van der Waals surface area contributed by atoms with Crippen molar-refractivity contribution in [2.45, 2.75) is 41.0 Å². The summed E-state index contributed by atoms with van der Waals surface area (Å²) in [4.78, 5) is 11.8. The fourth-order valence-corrected chi connectivity index (χ4v) is 2.18. The summed E-state index contributed by atoms with van der Waals surface area (Å²) in [6, 6.07) is 0. The summed E-state index contributed by atoms with van der Waals surface area (Å²) in [6.07, 6.45) is 2.85. The molecular formula is C12H24OS. The molecule has 0 bridgehead atoms. The van der Waals surface area contributed by atoms with Gasteiger partial charge in [-0.3, -0.25) is 4.79 Å². The molecule has 0 heterocycles. The van der Waals surface area contributed by atoms with E-state index in [1.54, 1.807) is 0 Å². The van der Waals surface area contributed by atoms with Crippen LogP contribution in [0.4, 0.5) is 0 Å². The topological polar surface area (TPSA) is 17.1 Å². The highest BCUT2D eigenvalue weighted by Crippen LogP contribution is 2.25. The lowest BCUT2D eigenvalue weighted by atomic mass is 9.82. The van der Waals surface area contributed by atoms with E-state index in [-0.39, 0.29) is 5.41 Å². The number of Topliss-reactive ketones (excluding diaryl/α,β-unsaturated/α-hetero) is 1. The highest BCUT2D eigenvalue weighted by Gasteiger charge is 2.25. The molecule has 0 aliphatic rings. The highest BCUT2D eigenvalue weighted by molar-refractivity contribution is 7.98. The standard InChI is InChI=1S/C12H24OS/c1-9(2)10(8-14-6)7-11(13)12(3,4)5/h9-10H,7-8H2,1-6H3. The Bertz CT molecular complexity index is 179. The fourth-order valence-electron chi connectivity index (χ4n) is 1.25. The van der Waals surface area contributed by atoms with E-state index in [1.807, 2.05) is 32.5 Å². The molecule has 0 aliphatic heterocycles. The van der Waals surface area contributed by atoms with Gasteiger partial charge in [0.05, 0.1) is 0 Å². The van der Waals surface area contributed by atoms with Gasteiger partial charge >= 0.3 is 0 Å². The zero-order valence-electron chi connectivity index (χ0n) is 10.4. The Morgan fingerprint density at radius 1 is 1.29 bits per heavy atom. The Morgan fingerprint density at radius 2 is 1.79 bits per heavy atom. The summed E-state index contributed by atoms with van der Waals surface area (Å²) in [5, 5.41) is 0. The van der Waals surface area contributed by atoms with Gasteiger partial charge in [-0.1, -0.05) is 34.6 Å². The molecule has 0 saturated heterocycles. The van der Waals surface area contributed by atoms with E-state index in [2.05, 4.69) is 20.1 Å². The number of ketones is 1. The van der Waals surface area contributed by atoms with Crippen LogP contribution in [0, 0.1) is 17.3 Å². The van der Waals surface area contributed by atoms with Crippen molar-refractivity contribution < 1.29 is 4.79 Å². The van der Waals surface area contributed by atoms with E-state index in [4.69, 9.17) is 0 Å². The predicted octanol–water partition coefficient (Wildman–Crippen LogP) is 3.63. The first kappa shape index (κ1) is 14.0. The third-order valence-electron chi connectivity index (χ3n) is 2.61. The van der Waals surface area contributed by atoms with Gasteiger partial charge in [0, 0.05) is 11.8 Å². The zero-order valence-corrected chi connectivity index (χ0v) is 11.2. The molecular weight excluding hydrogens is 192 g/mol. The molecule has 0 radical (unpaired) electrons. The van der Waals surface area contributed by atoms with Crippen LogP contribution in [0.2, 0.25) is 0 Å². The highest BCUT2D eigenvalue weighted by atomic mass is 32.2. The molecule has 0 spiro atoms. The van der Waals surface area contributed by atoms with Crippen molar-refractivity contribution in [2.75, 3.05) is 12.0 Å². The Hall–Kier alpha value is 0.0200. The molecule has 2 heteroatoms. The molecule has 1 nitrogen and oxygen atoms in total. The van der Waals surface area contributed by atoms with Crippen LogP contribution in [0.1, 0.15) is 41.0 Å². The summed E-state index contributed by atoms with van der Waals surface area (Å²) in [5.74, 6) is 2.63. The van der Waals surface area contributed by atoms with Crippen LogP contribution in [0.5, 0.6) is 0 Å². The Kier molecular flexibility index (Phi) is 5.80.